The van der Waals surface area contributed by atoms with Crippen molar-refractivity contribution in [2.45, 2.75) is 32.2 Å². The van der Waals surface area contributed by atoms with E-state index in [2.05, 4.69) is 6.92 Å². The molecule has 1 nitrogen and oxygen atoms in total. The first-order valence-corrected chi connectivity index (χ1v) is 3.04. The molecule has 0 amide bonds. The van der Waals surface area contributed by atoms with Crippen LogP contribution >= 0.6 is 0 Å². The van der Waals surface area contributed by atoms with Crippen molar-refractivity contribution in [3.63, 3.8) is 0 Å². The minimum Gasteiger partial charge on any atom is -0.328 e. The van der Waals surface area contributed by atoms with Crippen LogP contribution in [0.2, 0.25) is 0 Å². The summed E-state index contributed by atoms with van der Waals surface area (Å²) in [4.78, 5) is 0. The highest BCUT2D eigenvalue weighted by molar-refractivity contribution is 4.75. The second-order valence-electron chi connectivity index (χ2n) is 2.66. The number of nitrogens with two attached hydrogens (primary N) is 1. The molecule has 0 aromatic carbocycles. The molecule has 0 aromatic rings. The third-order valence-electron chi connectivity index (χ3n) is 1.40. The molecule has 1 aliphatic carbocycles. The molecule has 0 bridgehead atoms. The van der Waals surface area contributed by atoms with Crippen LogP contribution in [-0.2, 0) is 0 Å². The van der Waals surface area contributed by atoms with Crippen LogP contribution in [0.3, 0.4) is 0 Å². The lowest BCUT2D eigenvalue weighted by atomic mass is 10.2. The average molecular weight is 99.2 g/mol. The van der Waals surface area contributed by atoms with Gasteiger partial charge in [-0.15, -0.1) is 0 Å². The van der Waals surface area contributed by atoms with Gasteiger partial charge in [0.05, 0.1) is 0 Å². The van der Waals surface area contributed by atoms with Gasteiger partial charge in [0.15, 0.2) is 0 Å². The van der Waals surface area contributed by atoms with Crippen molar-refractivity contribution in [3.05, 3.63) is 0 Å². The van der Waals surface area contributed by atoms with Gasteiger partial charge < -0.3 is 5.73 Å². The van der Waals surface area contributed by atoms with E-state index in [1.165, 1.54) is 19.3 Å². The molecule has 1 heteroatoms. The van der Waals surface area contributed by atoms with E-state index in [0.717, 1.165) is 5.92 Å². The van der Waals surface area contributed by atoms with E-state index >= 15 is 0 Å². The fourth-order valence-corrected chi connectivity index (χ4v) is 0.879. The number of hydrogen-bond donors (Lipinski definition) is 1. The molecule has 0 saturated heterocycles. The van der Waals surface area contributed by atoms with Crippen molar-refractivity contribution in [2.24, 2.45) is 11.7 Å². The fraction of sp³-hybridized carbons (Fsp3) is 1.00. The lowest BCUT2D eigenvalue weighted by Gasteiger charge is -1.98. The molecule has 7 heavy (non-hydrogen) atoms. The molecule has 1 fully saturated rings. The highest BCUT2D eigenvalue weighted by Gasteiger charge is 2.21. The predicted octanol–water partition coefficient (Wildman–Crippen LogP) is 1.13. The number of rotatable bonds is 2. The smallest absolute Gasteiger partial charge is 0.00131 e. The Hall–Kier alpha value is -0.0400. The van der Waals surface area contributed by atoms with Gasteiger partial charge in [0.2, 0.25) is 0 Å². The Bertz CT molecular complexity index is 55.2. The quantitative estimate of drug-likeness (QED) is 0.552. The predicted molar refractivity (Wildman–Crippen MR) is 31.0 cm³/mol. The van der Waals surface area contributed by atoms with E-state index in [1.54, 1.807) is 0 Å². The second-order valence-corrected chi connectivity index (χ2v) is 2.66. The van der Waals surface area contributed by atoms with Crippen LogP contribution < -0.4 is 5.73 Å². The van der Waals surface area contributed by atoms with E-state index in [-0.39, 0.29) is 0 Å². The standard InChI is InChI=1S/C6H13N/c1-5(7)4-6-2-3-6/h5-6H,2-4,7H2,1H3/t5-/m0/s1. The first kappa shape index (κ1) is 5.10. The fourth-order valence-electron chi connectivity index (χ4n) is 0.879. The molecule has 0 unspecified atom stereocenters. The van der Waals surface area contributed by atoms with Gasteiger partial charge in [-0.2, -0.15) is 0 Å². The van der Waals surface area contributed by atoms with Gasteiger partial charge in [-0.25, -0.2) is 0 Å². The molecule has 0 aromatic heterocycles. The third kappa shape index (κ3) is 1.93. The van der Waals surface area contributed by atoms with Crippen molar-refractivity contribution in [1.82, 2.24) is 0 Å². The Balaban J connectivity index is 1.97. The van der Waals surface area contributed by atoms with Crippen molar-refractivity contribution < 1.29 is 0 Å². The van der Waals surface area contributed by atoms with E-state index in [1.807, 2.05) is 0 Å². The summed E-state index contributed by atoms with van der Waals surface area (Å²) in [5, 5.41) is 0. The molecule has 1 atom stereocenters. The maximum atomic E-state index is 5.53. The van der Waals surface area contributed by atoms with E-state index in [0.29, 0.717) is 6.04 Å². The van der Waals surface area contributed by atoms with Gasteiger partial charge in [-0.1, -0.05) is 12.8 Å². The summed E-state index contributed by atoms with van der Waals surface area (Å²) in [6.45, 7) is 2.08. The Kier molecular flexibility index (Phi) is 1.33. The molecule has 0 aliphatic heterocycles. The summed E-state index contributed by atoms with van der Waals surface area (Å²) >= 11 is 0. The molecule has 0 heterocycles. The van der Waals surface area contributed by atoms with Crippen LogP contribution in [0, 0.1) is 5.92 Å². The van der Waals surface area contributed by atoms with Crippen LogP contribution in [0.1, 0.15) is 26.2 Å². The van der Waals surface area contributed by atoms with E-state index in [9.17, 15) is 0 Å². The second kappa shape index (κ2) is 1.83. The summed E-state index contributed by atoms with van der Waals surface area (Å²) in [5.41, 5.74) is 5.53. The first-order chi connectivity index (χ1) is 3.29. The van der Waals surface area contributed by atoms with Gasteiger partial charge >= 0.3 is 0 Å². The van der Waals surface area contributed by atoms with E-state index < -0.39 is 0 Å². The van der Waals surface area contributed by atoms with Crippen molar-refractivity contribution >= 4 is 0 Å². The molecular formula is C6H13N. The van der Waals surface area contributed by atoms with Crippen LogP contribution in [0.4, 0.5) is 0 Å². The zero-order valence-electron chi connectivity index (χ0n) is 4.85. The summed E-state index contributed by atoms with van der Waals surface area (Å²) in [7, 11) is 0. The normalized spacial score (nSPS) is 24.9. The largest absolute Gasteiger partial charge is 0.328 e. The third-order valence-corrected chi connectivity index (χ3v) is 1.40. The van der Waals surface area contributed by atoms with Crippen LogP contribution in [0.15, 0.2) is 0 Å². The molecular weight excluding hydrogens is 86.1 g/mol. The lowest BCUT2D eigenvalue weighted by molar-refractivity contribution is 0.610. The van der Waals surface area contributed by atoms with Crippen LogP contribution in [0.25, 0.3) is 0 Å². The summed E-state index contributed by atoms with van der Waals surface area (Å²) in [5.74, 6) is 1.000. The van der Waals surface area contributed by atoms with Gasteiger partial charge in [-0.05, 0) is 19.3 Å². The monoisotopic (exact) mass is 99.1 g/mol. The topological polar surface area (TPSA) is 26.0 Å². The Morgan fingerprint density at radius 3 is 2.43 bits per heavy atom. The molecule has 1 saturated carbocycles. The first-order valence-electron chi connectivity index (χ1n) is 3.04. The maximum Gasteiger partial charge on any atom is 0.00131 e. The molecule has 2 N–H and O–H groups in total. The summed E-state index contributed by atoms with van der Waals surface area (Å²) in [6.07, 6.45) is 4.11. The highest BCUT2D eigenvalue weighted by Crippen LogP contribution is 2.32. The van der Waals surface area contributed by atoms with Gasteiger partial charge in [0.1, 0.15) is 0 Å². The Morgan fingerprint density at radius 2 is 2.29 bits per heavy atom. The molecule has 42 valence electrons. The van der Waals surface area contributed by atoms with Crippen molar-refractivity contribution in [1.29, 1.82) is 0 Å². The Labute approximate surface area is 44.9 Å². The van der Waals surface area contributed by atoms with Gasteiger partial charge in [-0.3, -0.25) is 0 Å². The SMILES string of the molecule is C[C@H](N)CC1CC1. The maximum absolute atomic E-state index is 5.53. The van der Waals surface area contributed by atoms with Crippen molar-refractivity contribution in [3.8, 4) is 0 Å². The summed E-state index contributed by atoms with van der Waals surface area (Å²) < 4.78 is 0. The van der Waals surface area contributed by atoms with Gasteiger partial charge in [0.25, 0.3) is 0 Å². The molecule has 1 rings (SSSR count). The van der Waals surface area contributed by atoms with Crippen LogP contribution in [-0.4, -0.2) is 6.04 Å². The molecule has 0 radical (unpaired) electrons. The number of hydrogen-bond acceptors (Lipinski definition) is 1. The molecule has 0 spiro atoms. The minimum atomic E-state index is 0.437. The summed E-state index contributed by atoms with van der Waals surface area (Å²) in [6, 6.07) is 0.437. The molecule has 1 aliphatic rings. The Morgan fingerprint density at radius 1 is 1.71 bits per heavy atom. The highest BCUT2D eigenvalue weighted by atomic mass is 14.6. The zero-order chi connectivity index (χ0) is 5.28. The minimum absolute atomic E-state index is 0.437. The van der Waals surface area contributed by atoms with Gasteiger partial charge in [0, 0.05) is 6.04 Å². The van der Waals surface area contributed by atoms with E-state index in [4.69, 9.17) is 5.73 Å². The lowest BCUT2D eigenvalue weighted by Crippen LogP contribution is -2.14. The van der Waals surface area contributed by atoms with Crippen LogP contribution in [0.5, 0.6) is 0 Å². The average Bonchev–Trinajstić information content (AvgIpc) is 2.17. The van der Waals surface area contributed by atoms with Crippen molar-refractivity contribution in [2.75, 3.05) is 0 Å². The zero-order valence-corrected chi connectivity index (χ0v) is 4.85.